The average molecular weight is 513 g/mol. The summed E-state index contributed by atoms with van der Waals surface area (Å²) >= 11 is 0. The molecule has 9 nitrogen and oxygen atoms in total. The molecule has 5 aromatic rings. The van der Waals surface area contributed by atoms with Crippen molar-refractivity contribution >= 4 is 33.8 Å². The van der Waals surface area contributed by atoms with E-state index in [1.807, 2.05) is 12.1 Å². The molecule has 1 aliphatic rings. The standard InChI is InChI=1S/C29H28N4O5/c34-21-7-8-23-22(14-21)19(15-30-23)13-25(29(36)37)32-28(35)17-6-9-26-24(12-17)31-27(18-10-11-38-16-18)33(26)20-4-2-1-3-5-20/h6-12,14-16,20,25,30,34H,1-5,13H2,(H,32,35)(H,36,37)/t25-/m0/s1. The lowest BCUT2D eigenvalue weighted by Gasteiger charge is -2.25. The van der Waals surface area contributed by atoms with Gasteiger partial charge in [0, 0.05) is 35.1 Å². The van der Waals surface area contributed by atoms with Crippen molar-refractivity contribution in [2.75, 3.05) is 0 Å². The van der Waals surface area contributed by atoms with Gasteiger partial charge in [0.1, 0.15) is 23.9 Å². The predicted octanol–water partition coefficient (Wildman–Crippen LogP) is 5.41. The first-order chi connectivity index (χ1) is 18.5. The van der Waals surface area contributed by atoms with Crippen molar-refractivity contribution in [3.63, 3.8) is 0 Å². The van der Waals surface area contributed by atoms with E-state index in [4.69, 9.17) is 9.40 Å². The van der Waals surface area contributed by atoms with Crippen molar-refractivity contribution in [3.8, 4) is 17.1 Å². The van der Waals surface area contributed by atoms with E-state index in [0.717, 1.165) is 35.3 Å². The van der Waals surface area contributed by atoms with E-state index in [1.54, 1.807) is 49.1 Å². The summed E-state index contributed by atoms with van der Waals surface area (Å²) in [6.07, 6.45) is 10.8. The Labute approximate surface area is 218 Å². The summed E-state index contributed by atoms with van der Waals surface area (Å²) in [6, 6.07) is 11.3. The SMILES string of the molecule is O=C(N[C@@H](Cc1c[nH]c2ccc(O)cc12)C(=O)O)c1ccc2c(c1)nc(-c1ccoc1)n2C1CCCCC1. The molecule has 1 aliphatic carbocycles. The molecule has 0 unspecified atom stereocenters. The molecule has 6 rings (SSSR count). The number of carboxylic acid groups (broad SMARTS) is 1. The number of aromatic nitrogens is 3. The zero-order valence-electron chi connectivity index (χ0n) is 20.7. The highest BCUT2D eigenvalue weighted by Gasteiger charge is 2.25. The Morgan fingerprint density at radius 2 is 1.97 bits per heavy atom. The number of aliphatic carboxylic acids is 1. The summed E-state index contributed by atoms with van der Waals surface area (Å²) in [4.78, 5) is 33.2. The molecule has 0 saturated heterocycles. The maximum absolute atomic E-state index is 13.2. The molecule has 9 heteroatoms. The van der Waals surface area contributed by atoms with Crippen molar-refractivity contribution in [1.82, 2.24) is 19.9 Å². The Hall–Kier alpha value is -4.53. The lowest BCUT2D eigenvalue weighted by atomic mass is 9.95. The van der Waals surface area contributed by atoms with Crippen LogP contribution in [0.25, 0.3) is 33.3 Å². The molecule has 1 amide bonds. The van der Waals surface area contributed by atoms with Crippen molar-refractivity contribution in [2.45, 2.75) is 50.6 Å². The summed E-state index contributed by atoms with van der Waals surface area (Å²) in [5, 5.41) is 23.1. The van der Waals surface area contributed by atoms with Crippen molar-refractivity contribution in [2.24, 2.45) is 0 Å². The van der Waals surface area contributed by atoms with Gasteiger partial charge in [0.05, 0.1) is 22.9 Å². The molecule has 1 atom stereocenters. The van der Waals surface area contributed by atoms with Crippen LogP contribution < -0.4 is 5.32 Å². The van der Waals surface area contributed by atoms with Crippen LogP contribution in [0.1, 0.15) is 54.1 Å². The van der Waals surface area contributed by atoms with E-state index in [0.29, 0.717) is 28.1 Å². The van der Waals surface area contributed by atoms with Crippen LogP contribution in [0.5, 0.6) is 5.75 Å². The fourth-order valence-electron chi connectivity index (χ4n) is 5.54. The first kappa shape index (κ1) is 23.8. The lowest BCUT2D eigenvalue weighted by Crippen LogP contribution is -2.42. The van der Waals surface area contributed by atoms with Crippen LogP contribution in [0, 0.1) is 0 Å². The van der Waals surface area contributed by atoms with Crippen molar-refractivity contribution < 1.29 is 24.2 Å². The number of carbonyl (C=O) groups is 2. The number of furan rings is 1. The topological polar surface area (TPSA) is 133 Å². The number of imidazole rings is 1. The largest absolute Gasteiger partial charge is 0.508 e. The Balaban J connectivity index is 1.29. The molecule has 2 aromatic carbocycles. The van der Waals surface area contributed by atoms with Crippen LogP contribution in [0.2, 0.25) is 0 Å². The van der Waals surface area contributed by atoms with Crippen molar-refractivity contribution in [1.29, 1.82) is 0 Å². The Kier molecular flexibility index (Phi) is 6.11. The van der Waals surface area contributed by atoms with Gasteiger partial charge in [-0.05, 0) is 60.9 Å². The molecule has 0 aliphatic heterocycles. The van der Waals surface area contributed by atoms with E-state index < -0.39 is 17.9 Å². The van der Waals surface area contributed by atoms with Crippen LogP contribution in [0.4, 0.5) is 0 Å². The van der Waals surface area contributed by atoms with Gasteiger partial charge in [0.15, 0.2) is 0 Å². The summed E-state index contributed by atoms with van der Waals surface area (Å²) in [6.45, 7) is 0. The Bertz CT molecular complexity index is 1630. The third-order valence-electron chi connectivity index (χ3n) is 7.45. The summed E-state index contributed by atoms with van der Waals surface area (Å²) in [5.41, 5.74) is 4.31. The molecule has 3 aromatic heterocycles. The lowest BCUT2D eigenvalue weighted by molar-refractivity contribution is -0.139. The number of phenols is 1. The summed E-state index contributed by atoms with van der Waals surface area (Å²) in [5.74, 6) is -0.731. The van der Waals surface area contributed by atoms with E-state index in [9.17, 15) is 19.8 Å². The zero-order chi connectivity index (χ0) is 26.2. The zero-order valence-corrected chi connectivity index (χ0v) is 20.7. The van der Waals surface area contributed by atoms with Gasteiger partial charge in [-0.2, -0.15) is 0 Å². The smallest absolute Gasteiger partial charge is 0.326 e. The number of rotatable bonds is 7. The number of carboxylic acids is 1. The van der Waals surface area contributed by atoms with E-state index in [-0.39, 0.29) is 12.2 Å². The number of aromatic hydroxyl groups is 1. The van der Waals surface area contributed by atoms with E-state index >= 15 is 0 Å². The monoisotopic (exact) mass is 512 g/mol. The average Bonchev–Trinajstić information content (AvgIpc) is 3.67. The number of fused-ring (bicyclic) bond motifs is 2. The molecule has 4 N–H and O–H groups in total. The Morgan fingerprint density at radius 3 is 2.74 bits per heavy atom. The van der Waals surface area contributed by atoms with E-state index in [2.05, 4.69) is 14.9 Å². The number of amides is 1. The second kappa shape index (κ2) is 9.74. The number of H-pyrrole nitrogens is 1. The van der Waals surface area contributed by atoms with Gasteiger partial charge in [-0.15, -0.1) is 0 Å². The molecular formula is C29H28N4O5. The number of hydrogen-bond donors (Lipinski definition) is 4. The second-order valence-electron chi connectivity index (χ2n) is 9.92. The third-order valence-corrected chi connectivity index (χ3v) is 7.45. The number of benzene rings is 2. The first-order valence-electron chi connectivity index (χ1n) is 12.8. The molecule has 38 heavy (non-hydrogen) atoms. The fraction of sp³-hybridized carbons (Fsp3) is 0.276. The van der Waals surface area contributed by atoms with Crippen LogP contribution in [-0.4, -0.2) is 42.7 Å². The van der Waals surface area contributed by atoms with Crippen LogP contribution in [-0.2, 0) is 11.2 Å². The second-order valence-corrected chi connectivity index (χ2v) is 9.92. The fourth-order valence-corrected chi connectivity index (χ4v) is 5.54. The normalized spacial score (nSPS) is 15.2. The summed E-state index contributed by atoms with van der Waals surface area (Å²) < 4.78 is 7.58. The molecular weight excluding hydrogens is 484 g/mol. The quantitative estimate of drug-likeness (QED) is 0.230. The maximum Gasteiger partial charge on any atom is 0.326 e. The van der Waals surface area contributed by atoms with Gasteiger partial charge in [-0.3, -0.25) is 4.79 Å². The molecule has 194 valence electrons. The molecule has 0 radical (unpaired) electrons. The van der Waals surface area contributed by atoms with Gasteiger partial charge in [0.25, 0.3) is 5.91 Å². The minimum atomic E-state index is -1.15. The van der Waals surface area contributed by atoms with Gasteiger partial charge >= 0.3 is 5.97 Å². The molecule has 3 heterocycles. The summed E-state index contributed by atoms with van der Waals surface area (Å²) in [7, 11) is 0. The molecule has 0 bridgehead atoms. The number of carbonyl (C=O) groups excluding carboxylic acids is 1. The van der Waals surface area contributed by atoms with E-state index in [1.165, 1.54) is 19.3 Å². The molecule has 1 fully saturated rings. The van der Waals surface area contributed by atoms with Crippen LogP contribution in [0.3, 0.4) is 0 Å². The number of phenolic OH excluding ortho intramolecular Hbond substituents is 1. The van der Waals surface area contributed by atoms with Gasteiger partial charge in [-0.1, -0.05) is 19.3 Å². The molecule has 0 spiro atoms. The first-order valence-corrected chi connectivity index (χ1v) is 12.8. The van der Waals surface area contributed by atoms with Crippen LogP contribution in [0.15, 0.2) is 65.6 Å². The van der Waals surface area contributed by atoms with Gasteiger partial charge in [0.2, 0.25) is 0 Å². The Morgan fingerprint density at radius 1 is 1.13 bits per heavy atom. The number of nitrogens with zero attached hydrogens (tertiary/aromatic N) is 2. The third kappa shape index (κ3) is 4.40. The number of aromatic amines is 1. The van der Waals surface area contributed by atoms with Crippen molar-refractivity contribution in [3.05, 3.63) is 72.3 Å². The van der Waals surface area contributed by atoms with Gasteiger partial charge in [-0.25, -0.2) is 9.78 Å². The maximum atomic E-state index is 13.2. The van der Waals surface area contributed by atoms with Gasteiger partial charge < -0.3 is 29.5 Å². The van der Waals surface area contributed by atoms with Crippen LogP contribution >= 0.6 is 0 Å². The molecule has 1 saturated carbocycles. The highest BCUT2D eigenvalue weighted by Crippen LogP contribution is 2.36. The minimum Gasteiger partial charge on any atom is -0.508 e. The highest BCUT2D eigenvalue weighted by atomic mass is 16.4. The minimum absolute atomic E-state index is 0.0632. The number of hydrogen-bond acceptors (Lipinski definition) is 5. The predicted molar refractivity (Wildman–Crippen MR) is 142 cm³/mol. The highest BCUT2D eigenvalue weighted by molar-refractivity contribution is 5.99. The number of nitrogens with one attached hydrogen (secondary N) is 2.